The fourth-order valence-corrected chi connectivity index (χ4v) is 4.11. The number of hydrogen-bond donors (Lipinski definition) is 1. The number of piperidine rings is 1. The van der Waals surface area contributed by atoms with Crippen LogP contribution < -0.4 is 10.2 Å². The molecule has 0 unspecified atom stereocenters. The Kier molecular flexibility index (Phi) is 6.50. The van der Waals surface area contributed by atoms with E-state index in [2.05, 4.69) is 34.0 Å². The fourth-order valence-electron chi connectivity index (χ4n) is 3.42. The maximum absolute atomic E-state index is 12.1. The van der Waals surface area contributed by atoms with E-state index in [0.717, 1.165) is 29.5 Å². The second-order valence-electron chi connectivity index (χ2n) is 7.12. The summed E-state index contributed by atoms with van der Waals surface area (Å²) in [6.07, 6.45) is 2.87. The molecule has 1 amide bonds. The Labute approximate surface area is 159 Å². The topological polar surface area (TPSA) is 58.1 Å². The van der Waals surface area contributed by atoms with Crippen LogP contribution in [-0.4, -0.2) is 34.7 Å². The summed E-state index contributed by atoms with van der Waals surface area (Å²) < 4.78 is 0. The van der Waals surface area contributed by atoms with Gasteiger partial charge in [0, 0.05) is 25.7 Å². The molecule has 1 aliphatic heterocycles. The minimum absolute atomic E-state index is 0.0132. The van der Waals surface area contributed by atoms with Gasteiger partial charge in [-0.15, -0.1) is 0 Å². The van der Waals surface area contributed by atoms with Gasteiger partial charge in [0.15, 0.2) is 0 Å². The predicted octanol–water partition coefficient (Wildman–Crippen LogP) is 3.37. The molecule has 1 saturated heterocycles. The predicted molar refractivity (Wildman–Crippen MR) is 106 cm³/mol. The Bertz CT molecular complexity index is 715. The number of aromatic nitrogens is 2. The summed E-state index contributed by atoms with van der Waals surface area (Å²) in [7, 11) is 0. The first-order chi connectivity index (χ1) is 12.6. The Balaban J connectivity index is 1.51. The second-order valence-corrected chi connectivity index (χ2v) is 8.11. The molecule has 0 aliphatic carbocycles. The molecular weight excluding hydrogens is 344 g/mol. The Morgan fingerprint density at radius 1 is 1.19 bits per heavy atom. The van der Waals surface area contributed by atoms with Crippen molar-refractivity contribution in [2.45, 2.75) is 31.8 Å². The van der Waals surface area contributed by atoms with Crippen molar-refractivity contribution in [2.75, 3.05) is 23.7 Å². The van der Waals surface area contributed by atoms with Crippen LogP contribution in [0.5, 0.6) is 0 Å². The van der Waals surface area contributed by atoms with E-state index in [-0.39, 0.29) is 5.91 Å². The van der Waals surface area contributed by atoms with Gasteiger partial charge in [-0.05, 0) is 23.8 Å². The molecule has 2 heterocycles. The molecule has 0 radical (unpaired) electrons. The summed E-state index contributed by atoms with van der Waals surface area (Å²) in [4.78, 5) is 23.2. The summed E-state index contributed by atoms with van der Waals surface area (Å²) >= 11 is 1.45. The molecule has 3 rings (SSSR count). The van der Waals surface area contributed by atoms with Crippen LogP contribution in [0.4, 0.5) is 5.82 Å². The van der Waals surface area contributed by atoms with Gasteiger partial charge in [0.25, 0.3) is 0 Å². The summed E-state index contributed by atoms with van der Waals surface area (Å²) in [6, 6.07) is 11.9. The van der Waals surface area contributed by atoms with Crippen LogP contribution in [0.2, 0.25) is 0 Å². The quantitative estimate of drug-likeness (QED) is 0.624. The maximum atomic E-state index is 12.1. The summed E-state index contributed by atoms with van der Waals surface area (Å²) in [5, 5.41) is 3.79. The van der Waals surface area contributed by atoms with E-state index >= 15 is 0 Å². The van der Waals surface area contributed by atoms with E-state index in [0.29, 0.717) is 24.1 Å². The minimum atomic E-state index is 0.0132. The first-order valence-electron chi connectivity index (χ1n) is 9.10. The molecular formula is C20H26N4OS. The van der Waals surface area contributed by atoms with Crippen LogP contribution in [0.3, 0.4) is 0 Å². The van der Waals surface area contributed by atoms with Gasteiger partial charge in [0.05, 0.1) is 5.75 Å². The van der Waals surface area contributed by atoms with Crippen LogP contribution in [-0.2, 0) is 11.3 Å². The molecule has 1 aromatic carbocycles. The Morgan fingerprint density at radius 3 is 2.65 bits per heavy atom. The third-order valence-electron chi connectivity index (χ3n) is 4.50. The maximum Gasteiger partial charge on any atom is 0.230 e. The highest BCUT2D eigenvalue weighted by molar-refractivity contribution is 7.99. The third-order valence-corrected chi connectivity index (χ3v) is 5.43. The Hall–Kier alpha value is -2.08. The lowest BCUT2D eigenvalue weighted by Gasteiger charge is -2.35. The molecule has 2 atom stereocenters. The van der Waals surface area contributed by atoms with Crippen molar-refractivity contribution in [3.8, 4) is 0 Å². The molecule has 6 heteroatoms. The van der Waals surface area contributed by atoms with E-state index < -0.39 is 0 Å². The average Bonchev–Trinajstić information content (AvgIpc) is 2.65. The molecule has 0 bridgehead atoms. The average molecular weight is 371 g/mol. The number of rotatable bonds is 6. The van der Waals surface area contributed by atoms with E-state index in [1.54, 1.807) is 6.33 Å². The van der Waals surface area contributed by atoms with Crippen molar-refractivity contribution in [2.24, 2.45) is 11.8 Å². The molecule has 0 spiro atoms. The van der Waals surface area contributed by atoms with Crippen LogP contribution in [0.25, 0.3) is 0 Å². The van der Waals surface area contributed by atoms with Crippen LogP contribution in [0, 0.1) is 11.8 Å². The van der Waals surface area contributed by atoms with Crippen molar-refractivity contribution in [1.29, 1.82) is 0 Å². The summed E-state index contributed by atoms with van der Waals surface area (Å²) in [5.41, 5.74) is 1.10. The van der Waals surface area contributed by atoms with E-state index in [9.17, 15) is 4.79 Å². The molecule has 138 valence electrons. The second kappa shape index (κ2) is 9.03. The van der Waals surface area contributed by atoms with Crippen molar-refractivity contribution in [3.63, 3.8) is 0 Å². The normalized spacial score (nSPS) is 20.0. The lowest BCUT2D eigenvalue weighted by molar-refractivity contribution is -0.118. The number of carbonyl (C=O) groups excluding carboxylic acids is 1. The van der Waals surface area contributed by atoms with Crippen molar-refractivity contribution >= 4 is 23.5 Å². The summed E-state index contributed by atoms with van der Waals surface area (Å²) in [6.45, 7) is 7.19. The lowest BCUT2D eigenvalue weighted by atomic mass is 9.92. The van der Waals surface area contributed by atoms with Gasteiger partial charge in [-0.1, -0.05) is 55.9 Å². The zero-order valence-corrected chi connectivity index (χ0v) is 16.2. The molecule has 2 aromatic rings. The fraction of sp³-hybridized carbons (Fsp3) is 0.450. The molecule has 1 aromatic heterocycles. The number of benzene rings is 1. The minimum Gasteiger partial charge on any atom is -0.356 e. The monoisotopic (exact) mass is 370 g/mol. The van der Waals surface area contributed by atoms with Gasteiger partial charge in [0.1, 0.15) is 17.2 Å². The number of nitrogens with one attached hydrogen (secondary N) is 1. The molecule has 5 nitrogen and oxygen atoms in total. The highest BCUT2D eigenvalue weighted by Crippen LogP contribution is 2.26. The number of carbonyl (C=O) groups is 1. The zero-order chi connectivity index (χ0) is 18.4. The van der Waals surface area contributed by atoms with Gasteiger partial charge in [-0.3, -0.25) is 4.79 Å². The SMILES string of the molecule is C[C@@H]1C[C@H](C)CN(c2cc(SCC(=O)NCc3ccccc3)ncn2)C1. The van der Waals surface area contributed by atoms with Gasteiger partial charge in [0.2, 0.25) is 5.91 Å². The molecule has 1 fully saturated rings. The van der Waals surface area contributed by atoms with Crippen LogP contribution >= 0.6 is 11.8 Å². The van der Waals surface area contributed by atoms with Gasteiger partial charge in [-0.2, -0.15) is 0 Å². The summed E-state index contributed by atoms with van der Waals surface area (Å²) in [5.74, 6) is 2.68. The van der Waals surface area contributed by atoms with Crippen molar-refractivity contribution < 1.29 is 4.79 Å². The third kappa shape index (κ3) is 5.46. The number of amides is 1. The first kappa shape index (κ1) is 18.7. The first-order valence-corrected chi connectivity index (χ1v) is 10.1. The smallest absolute Gasteiger partial charge is 0.230 e. The highest BCUT2D eigenvalue weighted by atomic mass is 32.2. The van der Waals surface area contributed by atoms with Gasteiger partial charge >= 0.3 is 0 Å². The van der Waals surface area contributed by atoms with E-state index in [4.69, 9.17) is 0 Å². The molecule has 1 N–H and O–H groups in total. The lowest BCUT2D eigenvalue weighted by Crippen LogP contribution is -2.39. The number of thioether (sulfide) groups is 1. The van der Waals surface area contributed by atoms with Gasteiger partial charge in [-0.25, -0.2) is 9.97 Å². The number of nitrogens with zero attached hydrogens (tertiary/aromatic N) is 3. The molecule has 26 heavy (non-hydrogen) atoms. The van der Waals surface area contributed by atoms with Crippen molar-refractivity contribution in [3.05, 3.63) is 48.3 Å². The van der Waals surface area contributed by atoms with Crippen molar-refractivity contribution in [1.82, 2.24) is 15.3 Å². The largest absolute Gasteiger partial charge is 0.356 e. The number of anilines is 1. The highest BCUT2D eigenvalue weighted by Gasteiger charge is 2.23. The van der Waals surface area contributed by atoms with E-state index in [1.165, 1.54) is 18.2 Å². The standard InChI is InChI=1S/C20H26N4OS/c1-15-8-16(2)12-24(11-15)18-9-20(23-14-22-18)26-13-19(25)21-10-17-6-4-3-5-7-17/h3-7,9,14-16H,8,10-13H2,1-2H3,(H,21,25)/t15-,16+. The van der Waals surface area contributed by atoms with Gasteiger partial charge < -0.3 is 10.2 Å². The number of hydrogen-bond acceptors (Lipinski definition) is 5. The molecule has 1 aliphatic rings. The van der Waals surface area contributed by atoms with E-state index in [1.807, 2.05) is 36.4 Å². The molecule has 0 saturated carbocycles. The van der Waals surface area contributed by atoms with Crippen LogP contribution in [0.1, 0.15) is 25.8 Å². The Morgan fingerprint density at radius 2 is 1.92 bits per heavy atom. The zero-order valence-electron chi connectivity index (χ0n) is 15.4. The van der Waals surface area contributed by atoms with Crippen LogP contribution in [0.15, 0.2) is 47.8 Å².